The van der Waals surface area contributed by atoms with E-state index in [1.165, 1.54) is 12.1 Å². The molecule has 0 atom stereocenters. The van der Waals surface area contributed by atoms with Gasteiger partial charge in [-0.05, 0) is 47.3 Å². The van der Waals surface area contributed by atoms with Crippen LogP contribution in [-0.2, 0) is 0 Å². The lowest BCUT2D eigenvalue weighted by Crippen LogP contribution is -2.22. The Labute approximate surface area is 121 Å². The quantitative estimate of drug-likeness (QED) is 0.771. The van der Waals surface area contributed by atoms with E-state index in [4.69, 9.17) is 9.47 Å². The standard InChI is InChI=1S/C14H19BrO4/c1-4-18-12-8-10(14(16)17)7-11(15)13(12)19-6-5-9(2)3/h7-9H,4-6H2,1-3H3,(H,16,17)/p-1. The summed E-state index contributed by atoms with van der Waals surface area (Å²) in [5, 5.41) is 10.9. The van der Waals surface area contributed by atoms with Crippen molar-refractivity contribution < 1.29 is 19.4 Å². The molecule has 4 nitrogen and oxygen atoms in total. The molecule has 19 heavy (non-hydrogen) atoms. The number of carboxylic acids is 1. The predicted octanol–water partition coefficient (Wildman–Crippen LogP) is 2.64. The van der Waals surface area contributed by atoms with E-state index < -0.39 is 5.97 Å². The van der Waals surface area contributed by atoms with Crippen LogP contribution in [0.15, 0.2) is 16.6 Å². The van der Waals surface area contributed by atoms with Gasteiger partial charge in [-0.3, -0.25) is 0 Å². The number of rotatable bonds is 7. The van der Waals surface area contributed by atoms with E-state index in [0.717, 1.165) is 6.42 Å². The van der Waals surface area contributed by atoms with Gasteiger partial charge in [0.2, 0.25) is 0 Å². The number of hydrogen-bond acceptors (Lipinski definition) is 4. The largest absolute Gasteiger partial charge is 0.545 e. The van der Waals surface area contributed by atoms with Crippen LogP contribution in [0, 0.1) is 5.92 Å². The lowest BCUT2D eigenvalue weighted by Gasteiger charge is -2.16. The molecular formula is C14H18BrO4-. The Bertz CT molecular complexity index is 443. The van der Waals surface area contributed by atoms with Gasteiger partial charge in [0.05, 0.1) is 23.7 Å². The molecule has 0 bridgehead atoms. The average molecular weight is 330 g/mol. The molecule has 0 heterocycles. The van der Waals surface area contributed by atoms with Crippen LogP contribution in [0.25, 0.3) is 0 Å². The fourth-order valence-electron chi connectivity index (χ4n) is 1.49. The third kappa shape index (κ3) is 4.74. The summed E-state index contributed by atoms with van der Waals surface area (Å²) in [5.41, 5.74) is 0.0616. The highest BCUT2D eigenvalue weighted by Crippen LogP contribution is 2.37. The van der Waals surface area contributed by atoms with Gasteiger partial charge in [-0.25, -0.2) is 0 Å². The number of ether oxygens (including phenoxy) is 2. The van der Waals surface area contributed by atoms with Crippen molar-refractivity contribution in [1.82, 2.24) is 0 Å². The first-order valence-electron chi connectivity index (χ1n) is 6.26. The van der Waals surface area contributed by atoms with Crippen molar-refractivity contribution in [2.45, 2.75) is 27.2 Å². The highest BCUT2D eigenvalue weighted by Gasteiger charge is 2.13. The van der Waals surface area contributed by atoms with Crippen LogP contribution in [0.4, 0.5) is 0 Å². The normalized spacial score (nSPS) is 10.6. The molecule has 0 aliphatic rings. The van der Waals surface area contributed by atoms with Gasteiger partial charge < -0.3 is 19.4 Å². The molecule has 5 heteroatoms. The summed E-state index contributed by atoms with van der Waals surface area (Å²) >= 11 is 3.31. The maximum absolute atomic E-state index is 10.9. The zero-order valence-corrected chi connectivity index (χ0v) is 13.0. The third-order valence-electron chi connectivity index (χ3n) is 2.49. The van der Waals surface area contributed by atoms with Crippen LogP contribution in [0.1, 0.15) is 37.6 Å². The molecule has 0 spiro atoms. The number of aromatic carboxylic acids is 1. The van der Waals surface area contributed by atoms with Crippen LogP contribution >= 0.6 is 15.9 Å². The molecule has 0 N–H and O–H groups in total. The van der Waals surface area contributed by atoms with Gasteiger partial charge in [0.1, 0.15) is 0 Å². The number of carbonyl (C=O) groups excluding carboxylic acids is 1. The Morgan fingerprint density at radius 2 is 2.05 bits per heavy atom. The zero-order valence-electron chi connectivity index (χ0n) is 11.4. The third-order valence-corrected chi connectivity index (χ3v) is 3.08. The number of carbonyl (C=O) groups is 1. The Morgan fingerprint density at radius 3 is 2.58 bits per heavy atom. The Morgan fingerprint density at radius 1 is 1.37 bits per heavy atom. The van der Waals surface area contributed by atoms with Crippen molar-refractivity contribution in [3.05, 3.63) is 22.2 Å². The van der Waals surface area contributed by atoms with Gasteiger partial charge in [-0.2, -0.15) is 0 Å². The molecule has 0 aliphatic carbocycles. The fourth-order valence-corrected chi connectivity index (χ4v) is 2.04. The Balaban J connectivity index is 2.97. The monoisotopic (exact) mass is 329 g/mol. The van der Waals surface area contributed by atoms with Gasteiger partial charge >= 0.3 is 0 Å². The highest BCUT2D eigenvalue weighted by molar-refractivity contribution is 9.10. The van der Waals surface area contributed by atoms with Crippen molar-refractivity contribution in [1.29, 1.82) is 0 Å². The zero-order chi connectivity index (χ0) is 14.4. The second-order valence-corrected chi connectivity index (χ2v) is 5.39. The number of halogens is 1. The van der Waals surface area contributed by atoms with Crippen LogP contribution in [-0.4, -0.2) is 19.2 Å². The molecule has 0 amide bonds. The molecule has 1 rings (SSSR count). The maximum atomic E-state index is 10.9. The van der Waals surface area contributed by atoms with Crippen LogP contribution in [0.3, 0.4) is 0 Å². The molecule has 0 saturated carbocycles. The summed E-state index contributed by atoms with van der Waals surface area (Å²) < 4.78 is 11.7. The Kier molecular flexibility index (Phi) is 6.15. The average Bonchev–Trinajstić information content (AvgIpc) is 2.31. The highest BCUT2D eigenvalue weighted by atomic mass is 79.9. The van der Waals surface area contributed by atoms with E-state index in [-0.39, 0.29) is 5.56 Å². The van der Waals surface area contributed by atoms with E-state index in [9.17, 15) is 9.90 Å². The summed E-state index contributed by atoms with van der Waals surface area (Å²) in [4.78, 5) is 10.9. The number of hydrogen-bond donors (Lipinski definition) is 0. The van der Waals surface area contributed by atoms with Gasteiger partial charge in [-0.15, -0.1) is 0 Å². The number of benzene rings is 1. The fraction of sp³-hybridized carbons (Fsp3) is 0.500. The lowest BCUT2D eigenvalue weighted by molar-refractivity contribution is -0.255. The summed E-state index contributed by atoms with van der Waals surface area (Å²) in [6.45, 7) is 7.05. The summed E-state index contributed by atoms with van der Waals surface area (Å²) in [7, 11) is 0. The SMILES string of the molecule is CCOc1cc(C(=O)[O-])cc(Br)c1OCCC(C)C. The van der Waals surface area contributed by atoms with Gasteiger partial charge in [-0.1, -0.05) is 13.8 Å². The smallest absolute Gasteiger partial charge is 0.175 e. The minimum Gasteiger partial charge on any atom is -0.545 e. The first-order valence-corrected chi connectivity index (χ1v) is 7.05. The van der Waals surface area contributed by atoms with Crippen molar-refractivity contribution in [3.63, 3.8) is 0 Å². The van der Waals surface area contributed by atoms with E-state index in [1.54, 1.807) is 0 Å². The Hall–Kier alpha value is -1.23. The van der Waals surface area contributed by atoms with Crippen LogP contribution in [0.2, 0.25) is 0 Å². The summed E-state index contributed by atoms with van der Waals surface area (Å²) in [6.07, 6.45) is 0.917. The molecule has 1 aromatic carbocycles. The van der Waals surface area contributed by atoms with Gasteiger partial charge in [0, 0.05) is 5.56 Å². The molecule has 0 aromatic heterocycles. The summed E-state index contributed by atoms with van der Waals surface area (Å²) in [6, 6.07) is 2.89. The minimum absolute atomic E-state index is 0.0616. The summed E-state index contributed by atoms with van der Waals surface area (Å²) in [5.74, 6) is 0.250. The first kappa shape index (κ1) is 15.8. The topological polar surface area (TPSA) is 58.6 Å². The molecule has 0 radical (unpaired) electrons. The van der Waals surface area contributed by atoms with Crippen molar-refractivity contribution in [2.75, 3.05) is 13.2 Å². The molecule has 1 aromatic rings. The van der Waals surface area contributed by atoms with Crippen LogP contribution in [0.5, 0.6) is 11.5 Å². The second-order valence-electron chi connectivity index (χ2n) is 4.54. The molecule has 0 saturated heterocycles. The van der Waals surface area contributed by atoms with Crippen LogP contribution < -0.4 is 14.6 Å². The molecule has 0 unspecified atom stereocenters. The molecule has 0 aliphatic heterocycles. The predicted molar refractivity (Wildman–Crippen MR) is 74.6 cm³/mol. The van der Waals surface area contributed by atoms with Gasteiger partial charge in [0.15, 0.2) is 11.5 Å². The molecule has 106 valence electrons. The lowest BCUT2D eigenvalue weighted by atomic mass is 10.1. The number of carboxylic acid groups (broad SMARTS) is 1. The van der Waals surface area contributed by atoms with E-state index in [0.29, 0.717) is 35.1 Å². The second kappa shape index (κ2) is 7.38. The van der Waals surface area contributed by atoms with Gasteiger partial charge in [0.25, 0.3) is 0 Å². The van der Waals surface area contributed by atoms with Crippen molar-refractivity contribution in [2.24, 2.45) is 5.92 Å². The first-order chi connectivity index (χ1) is 8.95. The van der Waals surface area contributed by atoms with E-state index in [2.05, 4.69) is 29.8 Å². The van der Waals surface area contributed by atoms with Crippen molar-refractivity contribution >= 4 is 21.9 Å². The van der Waals surface area contributed by atoms with E-state index >= 15 is 0 Å². The maximum Gasteiger partial charge on any atom is 0.175 e. The minimum atomic E-state index is -1.24. The molecule has 0 fully saturated rings. The van der Waals surface area contributed by atoms with Crippen molar-refractivity contribution in [3.8, 4) is 11.5 Å². The molecular weight excluding hydrogens is 312 g/mol. The van der Waals surface area contributed by atoms with E-state index in [1.807, 2.05) is 6.92 Å².